The molecular formula is C96H82N4OPtSi2-2. The Kier molecular flexibility index (Phi) is 10.6. The number of fused-ring (bicyclic) bond motifs is 4. The molecule has 5 nitrogen and oxygen atoms in total. The molecule has 3 heterocycles. The molecule has 512 valence electrons. The molecular weight excluding hydrogens is 1480 g/mol. The van der Waals surface area contributed by atoms with Gasteiger partial charge in [0.05, 0.1) is 63.3 Å². The number of hydrogen-bond acceptors (Lipinski definition) is 2. The first-order valence-electron chi connectivity index (χ1n) is 50.0. The number of ether oxygens (including phenoxy) is 1. The number of imidazole rings is 1. The second kappa shape index (κ2) is 27.8. The minimum Gasteiger partial charge on any atom is -0.510 e. The van der Waals surface area contributed by atoms with Crippen LogP contribution in [0, 0.1) is 18.5 Å². The maximum absolute atomic E-state index is 11.0. The number of pyridine rings is 1. The van der Waals surface area contributed by atoms with E-state index in [0.29, 0.717) is 28.0 Å². The number of hydrogen-bond donors (Lipinski definition) is 0. The van der Waals surface area contributed by atoms with Crippen LogP contribution in [-0.2, 0) is 37.3 Å². The van der Waals surface area contributed by atoms with Crippen LogP contribution in [0.5, 0.6) is 11.5 Å². The minimum atomic E-state index is -6.51. The Morgan fingerprint density at radius 1 is 0.413 bits per heavy atom. The van der Waals surface area contributed by atoms with Crippen molar-refractivity contribution < 1.29 is 77.0 Å². The molecule has 3 aromatic heterocycles. The fourth-order valence-corrected chi connectivity index (χ4v) is 20.9. The van der Waals surface area contributed by atoms with Crippen LogP contribution >= 0.6 is 0 Å². The van der Waals surface area contributed by atoms with Crippen LogP contribution in [0.2, 0.25) is 0 Å². The summed E-state index contributed by atoms with van der Waals surface area (Å²) >= 11 is 0. The van der Waals surface area contributed by atoms with E-state index in [1.54, 1.807) is 30.5 Å². The SMILES string of the molecule is [2H]c1c([2H])c([2H])c([Si](c2cccc(-c3cc(C(C)(C)C)cc(C(C)(C)C)c3)c2-[n+]2[c-]n(-c3[c-]c(Oc4[c-]c5c(cc4)c4ccccc4n5-c4cc(C(C)(C)C)ccn4)ccc3)c3cc(-c4c([2H])c([2H])c([2H])c([Si](c5c([2H])c([2H])c([2H])c([2H])c5[2H])(c5c([2H])c([2H])c([2H])c([2H])c5[2H])c5c([2H])c([2H])c([2H])c([2H])c5[2H])c4[2H])ccc32)(c2c([2H])c([2H])c([2H])c([2H])c2[2H])c2c([2H])c([2H])c([2H])c([2H])c2[2H])c([2H])c1[2H].[Pt]. The molecule has 0 fully saturated rings. The Morgan fingerprint density at radius 2 is 0.933 bits per heavy atom. The molecule has 0 aliphatic rings. The predicted molar refractivity (Wildman–Crippen MR) is 434 cm³/mol. The maximum atomic E-state index is 11.0. The number of para-hydroxylation sites is 2. The van der Waals surface area contributed by atoms with Gasteiger partial charge in [-0.2, -0.15) is 18.2 Å². The molecule has 104 heavy (non-hydrogen) atoms. The van der Waals surface area contributed by atoms with Crippen molar-refractivity contribution >= 4 is 90.5 Å². The average Bonchev–Trinajstić information content (AvgIpc) is 0.725. The van der Waals surface area contributed by atoms with Gasteiger partial charge in [0.15, 0.2) is 16.1 Å². The third kappa shape index (κ3) is 12.4. The molecule has 0 saturated heterocycles. The molecule has 0 amide bonds. The Bertz CT molecular complexity index is 7440. The molecule has 0 saturated carbocycles. The van der Waals surface area contributed by atoms with Crippen LogP contribution in [0.25, 0.3) is 72.3 Å². The zero-order valence-corrected chi connectivity index (χ0v) is 61.9. The zero-order valence-electron chi connectivity index (χ0n) is 91.6. The van der Waals surface area contributed by atoms with Gasteiger partial charge >= 0.3 is 0 Å². The van der Waals surface area contributed by atoms with Crippen molar-refractivity contribution in [3.05, 3.63) is 368 Å². The summed E-state index contributed by atoms with van der Waals surface area (Å²) in [6, 6.07) is 2.02. The van der Waals surface area contributed by atoms with E-state index >= 15 is 0 Å². The Morgan fingerprint density at radius 3 is 1.49 bits per heavy atom. The molecule has 0 spiro atoms. The van der Waals surface area contributed by atoms with E-state index in [1.807, 2.05) is 107 Å². The minimum absolute atomic E-state index is 0. The Hall–Kier alpha value is -10.8. The van der Waals surface area contributed by atoms with Crippen molar-refractivity contribution in [3.8, 4) is 50.9 Å². The molecule has 0 N–H and O–H groups in total. The smallest absolute Gasteiger partial charge is 0.268 e. The van der Waals surface area contributed by atoms with Gasteiger partial charge in [-0.3, -0.25) is 4.57 Å². The number of rotatable bonds is 15. The third-order valence-corrected chi connectivity index (χ3v) is 26.7. The van der Waals surface area contributed by atoms with Crippen molar-refractivity contribution in [2.75, 3.05) is 0 Å². The fourth-order valence-electron chi connectivity index (χ4n) is 13.3. The van der Waals surface area contributed by atoms with Crippen molar-refractivity contribution in [2.24, 2.45) is 0 Å². The van der Waals surface area contributed by atoms with E-state index in [-0.39, 0.29) is 71.5 Å². The van der Waals surface area contributed by atoms with Gasteiger partial charge in [0, 0.05) is 44.3 Å². The zero-order chi connectivity index (χ0) is 100. The largest absolute Gasteiger partial charge is 0.510 e. The summed E-state index contributed by atoms with van der Waals surface area (Å²) < 4.78 is 343. The van der Waals surface area contributed by atoms with Gasteiger partial charge in [0.2, 0.25) is 0 Å². The van der Waals surface area contributed by atoms with E-state index in [2.05, 4.69) is 39.2 Å². The summed E-state index contributed by atoms with van der Waals surface area (Å²) in [4.78, 5) is 4.85. The predicted octanol–water partition coefficient (Wildman–Crippen LogP) is 17.6. The summed E-state index contributed by atoms with van der Waals surface area (Å²) in [6.45, 7) is 17.9. The first-order valence-corrected chi connectivity index (χ1v) is 37.0. The molecule has 0 radical (unpaired) electrons. The summed E-state index contributed by atoms with van der Waals surface area (Å²) in [5.74, 6) is 0.646. The van der Waals surface area contributed by atoms with Crippen LogP contribution < -0.4 is 50.8 Å². The Balaban J connectivity index is 0.0000144. The van der Waals surface area contributed by atoms with Crippen LogP contribution in [0.3, 0.4) is 0 Å². The summed E-state index contributed by atoms with van der Waals surface area (Å²) in [6.07, 6.45) is 5.20. The van der Waals surface area contributed by atoms with Gasteiger partial charge < -0.3 is 13.9 Å². The number of nitrogens with zero attached hydrogens (tertiary/aromatic N) is 4. The van der Waals surface area contributed by atoms with Gasteiger partial charge in [-0.05, 0) is 132 Å². The summed E-state index contributed by atoms with van der Waals surface area (Å²) in [5.41, 5.74) is 0.609. The van der Waals surface area contributed by atoms with E-state index in [1.165, 1.54) is 45.5 Å². The summed E-state index contributed by atoms with van der Waals surface area (Å²) in [5, 5.41) is -5.82. The fraction of sp³-hybridized carbons (Fsp3) is 0.125. The average molecular weight is 1590 g/mol. The molecule has 0 aliphatic carbocycles. The van der Waals surface area contributed by atoms with Gasteiger partial charge in [0.25, 0.3) is 6.33 Å². The molecule has 0 bridgehead atoms. The van der Waals surface area contributed by atoms with Crippen LogP contribution in [0.4, 0.5) is 0 Å². The molecule has 13 aromatic carbocycles. The second-order valence-corrected chi connectivity index (χ2v) is 34.9. The van der Waals surface area contributed by atoms with Crippen LogP contribution in [0.1, 0.15) is 126 Å². The van der Waals surface area contributed by atoms with Gasteiger partial charge in [0.1, 0.15) is 5.82 Å². The standard InChI is InChI=1S/C96H82N4OSi2.Pt/c1-94(2,3)71-57-58-97-92(64-71)100-87-51-29-28-49-85(87)86-55-54-76(66-89(86)100)101-75-35-31-34-74(65-75)98-67-99(88-56-53-69(62-90(88)98)68-33-30-48-83(61-68)102(77-36-16-10-17-37-77,78-38-18-11-19-39-78)79-40-20-12-21-41-79)93-84(70-59-72(95(4,5)6)63-73(60-70)96(7,8)9)50-32-52-91(93)103(80-42-22-13-23-43-80,81-44-24-14-25-45-81)82-46-26-15-27-47-82;/h10-64H,1-9H3;/q-2;/i10D,11D,12D,13D,14D,15D,16D,17D,18D,19D,20D,21D,22D,23D,24D,25D,26D,27D,30D,33D,36D,37D,38D,39D,40D,41D,42D,43D,44D,45D,46D,47D,48D,61D;. The van der Waals surface area contributed by atoms with Gasteiger partial charge in [-0.15, -0.1) is 29.7 Å². The third-order valence-electron chi connectivity index (χ3n) is 18.4. The number of aromatic nitrogens is 4. The monoisotopic (exact) mass is 1590 g/mol. The first kappa shape index (κ1) is 39.7. The molecule has 16 rings (SSSR count). The Labute approximate surface area is 676 Å². The second-order valence-electron chi connectivity index (χ2n) is 27.8. The molecule has 0 unspecified atom stereocenters. The van der Waals surface area contributed by atoms with E-state index in [0.717, 1.165) is 21.9 Å². The van der Waals surface area contributed by atoms with Crippen molar-refractivity contribution in [2.45, 2.75) is 78.6 Å². The summed E-state index contributed by atoms with van der Waals surface area (Å²) in [7, 11) is -12.8. The maximum Gasteiger partial charge on any atom is 0.268 e. The molecule has 8 heteroatoms. The molecule has 0 aliphatic heterocycles. The van der Waals surface area contributed by atoms with Gasteiger partial charge in [-0.1, -0.05) is 340 Å². The van der Waals surface area contributed by atoms with Crippen LogP contribution in [0.15, 0.2) is 333 Å². The van der Waals surface area contributed by atoms with E-state index in [9.17, 15) is 38.4 Å². The van der Waals surface area contributed by atoms with E-state index in [4.69, 9.17) is 17.9 Å². The number of benzene rings is 13. The van der Waals surface area contributed by atoms with Crippen LogP contribution in [-0.4, -0.2) is 30.3 Å². The normalized spacial score (nSPS) is 16.8. The first-order chi connectivity index (χ1) is 64.1. The van der Waals surface area contributed by atoms with Crippen molar-refractivity contribution in [3.63, 3.8) is 0 Å². The molecule has 0 atom stereocenters. The quantitative estimate of drug-likeness (QED) is 0.0444. The van der Waals surface area contributed by atoms with Crippen molar-refractivity contribution in [1.82, 2.24) is 14.1 Å². The van der Waals surface area contributed by atoms with Gasteiger partial charge in [-0.25, -0.2) is 4.98 Å². The topological polar surface area (TPSA) is 35.9 Å². The molecule has 16 aromatic rings. The van der Waals surface area contributed by atoms with E-state index < -0.39 is 279 Å². The van der Waals surface area contributed by atoms with Crippen molar-refractivity contribution in [1.29, 1.82) is 0 Å².